The molecule has 150 valence electrons. The Morgan fingerprint density at radius 1 is 1.00 bits per heavy atom. The second-order valence-electron chi connectivity index (χ2n) is 7.55. The average Bonchev–Trinajstić information content (AvgIpc) is 2.63. The van der Waals surface area contributed by atoms with Crippen LogP contribution in [-0.4, -0.2) is 25.0 Å². The van der Waals surface area contributed by atoms with E-state index in [1.165, 1.54) is 5.56 Å². The first kappa shape index (κ1) is 21.5. The van der Waals surface area contributed by atoms with E-state index in [0.717, 1.165) is 16.9 Å². The molecule has 0 radical (unpaired) electrons. The number of hydrogen-bond acceptors (Lipinski definition) is 3. The lowest BCUT2D eigenvalue weighted by molar-refractivity contribution is -0.116. The van der Waals surface area contributed by atoms with Gasteiger partial charge in [0.05, 0.1) is 13.0 Å². The van der Waals surface area contributed by atoms with Crippen molar-refractivity contribution in [2.45, 2.75) is 41.0 Å². The summed E-state index contributed by atoms with van der Waals surface area (Å²) >= 11 is 0. The zero-order chi connectivity index (χ0) is 20.7. The van der Waals surface area contributed by atoms with Gasteiger partial charge in [0.15, 0.2) is 0 Å². The lowest BCUT2D eigenvalue weighted by Crippen LogP contribution is -2.27. The van der Waals surface area contributed by atoms with E-state index in [2.05, 4.69) is 16.7 Å². The first-order valence-corrected chi connectivity index (χ1v) is 9.65. The minimum absolute atomic E-state index is 0.100. The predicted molar refractivity (Wildman–Crippen MR) is 113 cm³/mol. The van der Waals surface area contributed by atoms with Gasteiger partial charge >= 0.3 is 0 Å². The molecule has 0 spiro atoms. The van der Waals surface area contributed by atoms with Crippen molar-refractivity contribution < 1.29 is 14.3 Å². The van der Waals surface area contributed by atoms with Crippen molar-refractivity contribution in [1.29, 1.82) is 0 Å². The molecule has 2 N–H and O–H groups in total. The Labute approximate surface area is 167 Å². The van der Waals surface area contributed by atoms with Gasteiger partial charge in [-0.15, -0.1) is 0 Å². The molecule has 0 aromatic heterocycles. The molecule has 0 saturated carbocycles. The minimum atomic E-state index is -0.120. The molecule has 28 heavy (non-hydrogen) atoms. The van der Waals surface area contributed by atoms with Crippen LogP contribution in [0.25, 0.3) is 0 Å². The number of hydrogen-bond donors (Lipinski definition) is 2. The molecule has 0 aliphatic heterocycles. The van der Waals surface area contributed by atoms with Crippen molar-refractivity contribution in [3.05, 3.63) is 58.7 Å². The molecule has 0 heterocycles. The number of carbonyl (C=O) groups excluding carboxylic acids is 2. The molecule has 2 aromatic carbocycles. The zero-order valence-corrected chi connectivity index (χ0v) is 17.4. The Morgan fingerprint density at radius 2 is 1.75 bits per heavy atom. The van der Waals surface area contributed by atoms with E-state index in [0.29, 0.717) is 30.3 Å². The lowest BCUT2D eigenvalue weighted by atomic mass is 10.1. The number of aryl methyl sites for hydroxylation is 3. The Balaban J connectivity index is 1.86. The highest BCUT2D eigenvalue weighted by atomic mass is 16.5. The summed E-state index contributed by atoms with van der Waals surface area (Å²) in [5.41, 5.74) is 4.38. The summed E-state index contributed by atoms with van der Waals surface area (Å²) in [6.45, 7) is 10.9. The van der Waals surface area contributed by atoms with Gasteiger partial charge in [-0.1, -0.05) is 31.5 Å². The van der Waals surface area contributed by atoms with Crippen LogP contribution in [0.3, 0.4) is 0 Å². The van der Waals surface area contributed by atoms with E-state index in [4.69, 9.17) is 4.74 Å². The molecule has 2 rings (SSSR count). The average molecular weight is 383 g/mol. The maximum absolute atomic E-state index is 12.2. The molecule has 2 aromatic rings. The highest BCUT2D eigenvalue weighted by Crippen LogP contribution is 2.19. The first-order valence-electron chi connectivity index (χ1n) is 9.65. The van der Waals surface area contributed by atoms with Gasteiger partial charge < -0.3 is 15.4 Å². The fraction of sp³-hybridized carbons (Fsp3) is 0.391. The molecule has 0 bridgehead atoms. The van der Waals surface area contributed by atoms with Crippen LogP contribution in [0.2, 0.25) is 0 Å². The number of ether oxygens (including phenoxy) is 1. The fourth-order valence-electron chi connectivity index (χ4n) is 2.77. The maximum Gasteiger partial charge on any atom is 0.251 e. The van der Waals surface area contributed by atoms with Crippen LogP contribution in [0, 0.1) is 26.7 Å². The molecular weight excluding hydrogens is 352 g/mol. The molecular formula is C23H30N2O3. The molecule has 5 nitrogen and oxygen atoms in total. The van der Waals surface area contributed by atoms with Crippen LogP contribution in [0.15, 0.2) is 36.4 Å². The Morgan fingerprint density at radius 3 is 2.39 bits per heavy atom. The quantitative estimate of drug-likeness (QED) is 0.711. The summed E-state index contributed by atoms with van der Waals surface area (Å²) in [6.07, 6.45) is 0.253. The van der Waals surface area contributed by atoms with Gasteiger partial charge in [-0.05, 0) is 62.1 Å². The van der Waals surface area contributed by atoms with Crippen LogP contribution in [-0.2, 0) is 4.79 Å². The number of rotatable bonds is 8. The van der Waals surface area contributed by atoms with Crippen molar-refractivity contribution in [3.63, 3.8) is 0 Å². The summed E-state index contributed by atoms with van der Waals surface area (Å²) in [5.74, 6) is 0.974. The third kappa shape index (κ3) is 6.41. The van der Waals surface area contributed by atoms with E-state index in [1.807, 2.05) is 46.8 Å². The minimum Gasteiger partial charge on any atom is -0.493 e. The van der Waals surface area contributed by atoms with Crippen molar-refractivity contribution >= 4 is 17.5 Å². The number of anilines is 1. The summed E-state index contributed by atoms with van der Waals surface area (Å²) in [4.78, 5) is 24.4. The third-order valence-electron chi connectivity index (χ3n) is 4.35. The van der Waals surface area contributed by atoms with Crippen LogP contribution in [0.5, 0.6) is 5.75 Å². The maximum atomic E-state index is 12.2. The van der Waals surface area contributed by atoms with Gasteiger partial charge in [-0.3, -0.25) is 9.59 Å². The highest BCUT2D eigenvalue weighted by molar-refractivity contribution is 5.96. The normalized spacial score (nSPS) is 10.6. The Bertz CT molecular complexity index is 844. The van der Waals surface area contributed by atoms with Gasteiger partial charge in [0.25, 0.3) is 5.91 Å². The predicted octanol–water partition coefficient (Wildman–Crippen LogP) is 4.41. The number of amides is 2. The Hall–Kier alpha value is -2.82. The van der Waals surface area contributed by atoms with Crippen molar-refractivity contribution in [2.24, 2.45) is 5.92 Å². The van der Waals surface area contributed by atoms with Crippen LogP contribution in [0.1, 0.15) is 47.3 Å². The zero-order valence-electron chi connectivity index (χ0n) is 17.4. The van der Waals surface area contributed by atoms with E-state index in [-0.39, 0.29) is 18.2 Å². The van der Waals surface area contributed by atoms with Gasteiger partial charge in [-0.25, -0.2) is 0 Å². The molecule has 0 aliphatic rings. The first-order chi connectivity index (χ1) is 13.3. The largest absolute Gasteiger partial charge is 0.493 e. The lowest BCUT2D eigenvalue weighted by Gasteiger charge is -2.12. The van der Waals surface area contributed by atoms with Gasteiger partial charge in [0.2, 0.25) is 5.91 Å². The summed E-state index contributed by atoms with van der Waals surface area (Å²) in [6, 6.07) is 11.3. The van der Waals surface area contributed by atoms with Crippen LogP contribution < -0.4 is 15.4 Å². The van der Waals surface area contributed by atoms with Gasteiger partial charge in [-0.2, -0.15) is 0 Å². The van der Waals surface area contributed by atoms with Crippen molar-refractivity contribution in [3.8, 4) is 5.75 Å². The monoisotopic (exact) mass is 382 g/mol. The topological polar surface area (TPSA) is 67.4 Å². The summed E-state index contributed by atoms with van der Waals surface area (Å²) in [7, 11) is 0. The SMILES string of the molecule is Cc1ccc(OCCC(=O)Nc2ccc(C(=O)NCC(C)C)cc2C)c(C)c1. The number of carbonyl (C=O) groups is 2. The highest BCUT2D eigenvalue weighted by Gasteiger charge is 2.10. The molecule has 0 fully saturated rings. The second kappa shape index (κ2) is 9.93. The van der Waals surface area contributed by atoms with Crippen molar-refractivity contribution in [1.82, 2.24) is 5.32 Å². The molecule has 0 atom stereocenters. The molecule has 5 heteroatoms. The van der Waals surface area contributed by atoms with E-state index >= 15 is 0 Å². The van der Waals surface area contributed by atoms with Crippen LogP contribution >= 0.6 is 0 Å². The summed E-state index contributed by atoms with van der Waals surface area (Å²) < 4.78 is 5.71. The molecule has 0 unspecified atom stereocenters. The third-order valence-corrected chi connectivity index (χ3v) is 4.35. The van der Waals surface area contributed by atoms with Gasteiger partial charge in [0.1, 0.15) is 5.75 Å². The Kier molecular flexibility index (Phi) is 7.61. The van der Waals surface area contributed by atoms with E-state index in [9.17, 15) is 9.59 Å². The molecule has 2 amide bonds. The van der Waals surface area contributed by atoms with E-state index in [1.54, 1.807) is 18.2 Å². The smallest absolute Gasteiger partial charge is 0.251 e. The standard InChI is InChI=1S/C23H30N2O3/c1-15(2)14-24-23(27)19-7-8-20(17(4)13-19)25-22(26)10-11-28-21-9-6-16(3)12-18(21)5/h6-9,12-13,15H,10-11,14H2,1-5H3,(H,24,27)(H,25,26). The van der Waals surface area contributed by atoms with E-state index < -0.39 is 0 Å². The second-order valence-corrected chi connectivity index (χ2v) is 7.55. The molecule has 0 aliphatic carbocycles. The summed E-state index contributed by atoms with van der Waals surface area (Å²) in [5, 5.41) is 5.78. The van der Waals surface area contributed by atoms with Gasteiger partial charge in [0, 0.05) is 17.8 Å². The number of benzene rings is 2. The molecule has 0 saturated heterocycles. The van der Waals surface area contributed by atoms with Crippen LogP contribution in [0.4, 0.5) is 5.69 Å². The number of nitrogens with one attached hydrogen (secondary N) is 2. The fourth-order valence-corrected chi connectivity index (χ4v) is 2.77. The van der Waals surface area contributed by atoms with Crippen molar-refractivity contribution in [2.75, 3.05) is 18.5 Å².